The van der Waals surface area contributed by atoms with Gasteiger partial charge < -0.3 is 25.0 Å². The van der Waals surface area contributed by atoms with Crippen molar-refractivity contribution in [2.45, 2.75) is 39.8 Å². The Kier molecular flexibility index (Phi) is 9.96. The Morgan fingerprint density at radius 3 is 2.26 bits per heavy atom. The van der Waals surface area contributed by atoms with E-state index in [-0.39, 0.29) is 23.4 Å². The van der Waals surface area contributed by atoms with Gasteiger partial charge in [-0.3, -0.25) is 4.72 Å². The highest BCUT2D eigenvalue weighted by molar-refractivity contribution is 7.92. The molecule has 3 aromatic carbocycles. The monoisotopic (exact) mass is 556 g/mol. The zero-order valence-corrected chi connectivity index (χ0v) is 23.6. The van der Waals surface area contributed by atoms with Gasteiger partial charge in [0.1, 0.15) is 18.1 Å². The number of hydrogen-bond donors (Lipinski definition) is 4. The average Bonchev–Trinajstić information content (AvgIpc) is 2.86. The Morgan fingerprint density at radius 2 is 1.67 bits per heavy atom. The molecule has 0 aliphatic rings. The number of carbonyl (C=O) groups is 1. The molecule has 0 aliphatic heterocycles. The van der Waals surface area contributed by atoms with E-state index in [1.807, 2.05) is 38.1 Å². The summed E-state index contributed by atoms with van der Waals surface area (Å²) in [6.45, 7) is 8.75. The highest BCUT2D eigenvalue weighted by Gasteiger charge is 2.18. The van der Waals surface area contributed by atoms with Crippen molar-refractivity contribution in [1.82, 2.24) is 5.32 Å². The summed E-state index contributed by atoms with van der Waals surface area (Å²) in [7, 11) is -3.58. The number of phenols is 1. The first-order chi connectivity index (χ1) is 18.4. The van der Waals surface area contributed by atoms with E-state index in [1.54, 1.807) is 32.0 Å². The summed E-state index contributed by atoms with van der Waals surface area (Å²) in [6, 6.07) is 15.2. The van der Waals surface area contributed by atoms with E-state index in [0.717, 1.165) is 34.3 Å². The van der Waals surface area contributed by atoms with Gasteiger partial charge in [0, 0.05) is 12.6 Å². The van der Waals surface area contributed by atoms with Crippen molar-refractivity contribution < 1.29 is 32.9 Å². The van der Waals surface area contributed by atoms with Crippen LogP contribution in [0.3, 0.4) is 0 Å². The molecule has 2 atom stereocenters. The van der Waals surface area contributed by atoms with Crippen molar-refractivity contribution >= 4 is 21.7 Å². The van der Waals surface area contributed by atoms with Gasteiger partial charge in [-0.05, 0) is 91.9 Å². The molecule has 39 heavy (non-hydrogen) atoms. The van der Waals surface area contributed by atoms with Crippen molar-refractivity contribution in [1.29, 1.82) is 0 Å². The van der Waals surface area contributed by atoms with Gasteiger partial charge in [-0.1, -0.05) is 18.2 Å². The number of aliphatic hydroxyl groups excluding tert-OH is 1. The van der Waals surface area contributed by atoms with Gasteiger partial charge in [-0.25, -0.2) is 13.2 Å². The molecule has 9 nitrogen and oxygen atoms in total. The first kappa shape index (κ1) is 29.9. The maximum Gasteiger partial charge on any atom is 0.338 e. The molecule has 10 heteroatoms. The second-order valence-corrected chi connectivity index (χ2v) is 11.2. The van der Waals surface area contributed by atoms with Crippen LogP contribution in [-0.4, -0.2) is 56.7 Å². The predicted molar refractivity (Wildman–Crippen MR) is 152 cm³/mol. The van der Waals surface area contributed by atoms with Gasteiger partial charge in [-0.2, -0.15) is 0 Å². The largest absolute Gasteiger partial charge is 0.506 e. The molecule has 0 saturated heterocycles. The number of rotatable bonds is 12. The molecular weight excluding hydrogens is 520 g/mol. The fourth-order valence-corrected chi connectivity index (χ4v) is 4.89. The van der Waals surface area contributed by atoms with Gasteiger partial charge in [0.15, 0.2) is 0 Å². The minimum Gasteiger partial charge on any atom is -0.506 e. The third-order valence-electron chi connectivity index (χ3n) is 6.16. The normalized spacial score (nSPS) is 13.0. The van der Waals surface area contributed by atoms with Crippen molar-refractivity contribution in [3.05, 3.63) is 76.9 Å². The SMILES string of the molecule is CCOC(=O)c1ccc(-c2c(C)cc(OCCN[C@@H](C)[C@@H](O)c3ccc(O)c(NS(C)(=O)=O)c3)cc2C)cc1. The minimum absolute atomic E-state index is 0.00807. The lowest BCUT2D eigenvalue weighted by Gasteiger charge is -2.22. The van der Waals surface area contributed by atoms with Crippen LogP contribution in [0, 0.1) is 13.8 Å². The number of anilines is 1. The lowest BCUT2D eigenvalue weighted by atomic mass is 9.95. The quantitative estimate of drug-likeness (QED) is 0.147. The van der Waals surface area contributed by atoms with Crippen molar-refractivity contribution in [2.24, 2.45) is 0 Å². The van der Waals surface area contributed by atoms with Crippen LogP contribution >= 0.6 is 0 Å². The Morgan fingerprint density at radius 1 is 1.03 bits per heavy atom. The van der Waals surface area contributed by atoms with Crippen LogP contribution in [0.2, 0.25) is 0 Å². The van der Waals surface area contributed by atoms with Crippen LogP contribution in [0.15, 0.2) is 54.6 Å². The van der Waals surface area contributed by atoms with E-state index < -0.39 is 16.1 Å². The molecule has 0 aliphatic carbocycles. The summed E-state index contributed by atoms with van der Waals surface area (Å²) in [5, 5.41) is 23.8. The summed E-state index contributed by atoms with van der Waals surface area (Å²) < 4.78 is 36.3. The summed E-state index contributed by atoms with van der Waals surface area (Å²) in [5.41, 5.74) is 5.13. The number of benzene rings is 3. The maximum absolute atomic E-state index is 11.9. The molecular formula is C29H36N2O7S. The molecule has 0 radical (unpaired) electrons. The van der Waals surface area contributed by atoms with E-state index in [9.17, 15) is 23.4 Å². The molecule has 0 heterocycles. The first-order valence-electron chi connectivity index (χ1n) is 12.6. The molecule has 3 aromatic rings. The predicted octanol–water partition coefficient (Wildman–Crippen LogP) is 4.31. The van der Waals surface area contributed by atoms with Crippen LogP contribution in [0.4, 0.5) is 5.69 Å². The Bertz CT molecular complexity index is 1380. The lowest BCUT2D eigenvalue weighted by molar-refractivity contribution is 0.0526. The number of phenolic OH excluding ortho intramolecular Hbond substituents is 1. The molecule has 0 bridgehead atoms. The summed E-state index contributed by atoms with van der Waals surface area (Å²) >= 11 is 0. The fourth-order valence-electron chi connectivity index (χ4n) is 4.32. The summed E-state index contributed by atoms with van der Waals surface area (Å²) in [4.78, 5) is 11.9. The molecule has 0 aromatic heterocycles. The number of carbonyl (C=O) groups excluding carboxylic acids is 1. The molecule has 0 spiro atoms. The number of aliphatic hydroxyl groups is 1. The number of nitrogens with one attached hydrogen (secondary N) is 2. The number of esters is 1. The van der Waals surface area contributed by atoms with Gasteiger partial charge in [0.05, 0.1) is 30.2 Å². The smallest absolute Gasteiger partial charge is 0.338 e. The van der Waals surface area contributed by atoms with Crippen molar-refractivity contribution in [3.63, 3.8) is 0 Å². The van der Waals surface area contributed by atoms with E-state index >= 15 is 0 Å². The highest BCUT2D eigenvalue weighted by Crippen LogP contribution is 2.32. The second kappa shape index (κ2) is 13.0. The van der Waals surface area contributed by atoms with Crippen LogP contribution in [0.25, 0.3) is 11.1 Å². The van der Waals surface area contributed by atoms with Crippen molar-refractivity contribution in [3.8, 4) is 22.6 Å². The molecule has 0 saturated carbocycles. The summed E-state index contributed by atoms with van der Waals surface area (Å²) in [6.07, 6.45) is 0.0469. The van der Waals surface area contributed by atoms with Crippen molar-refractivity contribution in [2.75, 3.05) is 30.7 Å². The third kappa shape index (κ3) is 8.19. The van der Waals surface area contributed by atoms with E-state index in [1.165, 1.54) is 12.1 Å². The maximum atomic E-state index is 11.9. The van der Waals surface area contributed by atoms with Gasteiger partial charge in [0.2, 0.25) is 10.0 Å². The van der Waals surface area contributed by atoms with Crippen LogP contribution in [0.5, 0.6) is 11.5 Å². The van der Waals surface area contributed by atoms with Gasteiger partial charge in [-0.15, -0.1) is 0 Å². The average molecular weight is 557 g/mol. The number of aromatic hydroxyl groups is 1. The van der Waals surface area contributed by atoms with Gasteiger partial charge >= 0.3 is 5.97 Å². The number of aryl methyl sites for hydroxylation is 2. The lowest BCUT2D eigenvalue weighted by Crippen LogP contribution is -2.35. The Hall–Kier alpha value is -3.60. The molecule has 0 amide bonds. The molecule has 0 fully saturated rings. The number of hydrogen-bond acceptors (Lipinski definition) is 8. The van der Waals surface area contributed by atoms with Gasteiger partial charge in [0.25, 0.3) is 0 Å². The zero-order valence-electron chi connectivity index (χ0n) is 22.8. The second-order valence-electron chi connectivity index (χ2n) is 9.42. The van der Waals surface area contributed by atoms with E-state index in [0.29, 0.717) is 30.9 Å². The summed E-state index contributed by atoms with van der Waals surface area (Å²) in [5.74, 6) is 0.158. The highest BCUT2D eigenvalue weighted by atomic mass is 32.2. The van der Waals surface area contributed by atoms with E-state index in [4.69, 9.17) is 9.47 Å². The molecule has 0 unspecified atom stereocenters. The Labute approximate surface area is 229 Å². The zero-order chi connectivity index (χ0) is 28.7. The minimum atomic E-state index is -3.58. The number of ether oxygens (including phenoxy) is 2. The van der Waals surface area contributed by atoms with E-state index in [2.05, 4.69) is 10.0 Å². The molecule has 210 valence electrons. The van der Waals surface area contributed by atoms with Crippen LogP contribution in [0.1, 0.15) is 47.0 Å². The topological polar surface area (TPSA) is 134 Å². The standard InChI is InChI=1S/C29H36N2O7S/c1-6-37-29(34)22-9-7-21(8-10-22)27-18(2)15-24(16-19(27)3)38-14-13-30-20(4)28(33)23-11-12-26(32)25(17-23)31-39(5,35)36/h7-12,15-17,20,28,30-33H,6,13-14H2,1-5H3/t20-,28+/m0/s1. The Balaban J connectivity index is 1.58. The van der Waals surface area contributed by atoms with Crippen LogP contribution in [-0.2, 0) is 14.8 Å². The molecule has 3 rings (SSSR count). The van der Waals surface area contributed by atoms with Crippen LogP contribution < -0.4 is 14.8 Å². The number of sulfonamides is 1. The third-order valence-corrected chi connectivity index (χ3v) is 6.75. The molecule has 4 N–H and O–H groups in total. The fraction of sp³-hybridized carbons (Fsp3) is 0.345. The first-order valence-corrected chi connectivity index (χ1v) is 14.5.